The van der Waals surface area contributed by atoms with Crippen LogP contribution >= 0.6 is 11.6 Å². The van der Waals surface area contributed by atoms with Gasteiger partial charge in [-0.05, 0) is 36.1 Å². The van der Waals surface area contributed by atoms with Crippen LogP contribution < -0.4 is 5.32 Å². The number of benzene rings is 1. The summed E-state index contributed by atoms with van der Waals surface area (Å²) in [5.74, 6) is 0. The van der Waals surface area contributed by atoms with Crippen LogP contribution in [0, 0.1) is 0 Å². The molecule has 1 aliphatic rings. The number of aliphatic hydroxyl groups is 1. The van der Waals surface area contributed by atoms with Crippen molar-refractivity contribution in [1.29, 1.82) is 0 Å². The van der Waals surface area contributed by atoms with E-state index < -0.39 is 6.10 Å². The van der Waals surface area contributed by atoms with Gasteiger partial charge in [-0.2, -0.15) is 0 Å². The van der Waals surface area contributed by atoms with Gasteiger partial charge in [-0.15, -0.1) is 0 Å². The molecule has 2 N–H and O–H groups in total. The number of halogens is 1. The zero-order valence-electron chi connectivity index (χ0n) is 9.95. The first-order chi connectivity index (χ1) is 8.20. The van der Waals surface area contributed by atoms with Gasteiger partial charge in [0.05, 0.1) is 12.7 Å². The van der Waals surface area contributed by atoms with Crippen molar-refractivity contribution in [3.8, 4) is 0 Å². The summed E-state index contributed by atoms with van der Waals surface area (Å²) in [4.78, 5) is 0. The number of nitrogens with one attached hydrogen (secondary N) is 1. The SMILES string of the molecule is COCC(O)CNC1CCc2cc(Cl)ccc21. The van der Waals surface area contributed by atoms with Crippen LogP contribution in [0.2, 0.25) is 5.02 Å². The Balaban J connectivity index is 1.93. The fraction of sp³-hybridized carbons (Fsp3) is 0.538. The Morgan fingerprint density at radius 2 is 2.41 bits per heavy atom. The lowest BCUT2D eigenvalue weighted by Gasteiger charge is -2.17. The Hall–Kier alpha value is -0.610. The summed E-state index contributed by atoms with van der Waals surface area (Å²) in [6.07, 6.45) is 1.67. The van der Waals surface area contributed by atoms with Gasteiger partial charge in [0.1, 0.15) is 0 Å². The zero-order valence-corrected chi connectivity index (χ0v) is 10.7. The van der Waals surface area contributed by atoms with E-state index in [2.05, 4.69) is 11.4 Å². The molecule has 0 radical (unpaired) electrons. The van der Waals surface area contributed by atoms with E-state index in [1.165, 1.54) is 11.1 Å². The third kappa shape index (κ3) is 3.19. The highest BCUT2D eigenvalue weighted by molar-refractivity contribution is 6.30. The van der Waals surface area contributed by atoms with Gasteiger partial charge < -0.3 is 15.2 Å². The monoisotopic (exact) mass is 255 g/mol. The van der Waals surface area contributed by atoms with Crippen molar-refractivity contribution in [2.75, 3.05) is 20.3 Å². The van der Waals surface area contributed by atoms with Crippen LogP contribution in [0.1, 0.15) is 23.6 Å². The molecule has 0 aliphatic heterocycles. The summed E-state index contributed by atoms with van der Waals surface area (Å²) in [6.45, 7) is 0.924. The summed E-state index contributed by atoms with van der Waals surface area (Å²) in [6, 6.07) is 6.36. The Bertz CT molecular complexity index is 384. The van der Waals surface area contributed by atoms with E-state index in [0.717, 1.165) is 17.9 Å². The first-order valence-corrected chi connectivity index (χ1v) is 6.27. The second-order valence-electron chi connectivity index (χ2n) is 4.45. The normalized spacial score (nSPS) is 20.3. The average Bonchev–Trinajstić information content (AvgIpc) is 2.69. The van der Waals surface area contributed by atoms with Gasteiger partial charge in [0.2, 0.25) is 0 Å². The second-order valence-corrected chi connectivity index (χ2v) is 4.89. The molecule has 17 heavy (non-hydrogen) atoms. The minimum Gasteiger partial charge on any atom is -0.389 e. The lowest BCUT2D eigenvalue weighted by atomic mass is 10.1. The van der Waals surface area contributed by atoms with Crippen LogP contribution in [0.15, 0.2) is 18.2 Å². The third-order valence-electron chi connectivity index (χ3n) is 3.14. The molecule has 2 atom stereocenters. The van der Waals surface area contributed by atoms with Crippen LogP contribution in [0.25, 0.3) is 0 Å². The maximum Gasteiger partial charge on any atom is 0.0897 e. The summed E-state index contributed by atoms with van der Waals surface area (Å²) >= 11 is 5.96. The number of aryl methyl sites for hydroxylation is 1. The predicted molar refractivity (Wildman–Crippen MR) is 68.4 cm³/mol. The van der Waals surface area contributed by atoms with Crippen molar-refractivity contribution in [3.63, 3.8) is 0 Å². The minimum atomic E-state index is -0.448. The molecule has 0 amide bonds. The van der Waals surface area contributed by atoms with E-state index in [0.29, 0.717) is 19.2 Å². The number of ether oxygens (including phenoxy) is 1. The molecule has 0 saturated carbocycles. The highest BCUT2D eigenvalue weighted by Gasteiger charge is 2.22. The maximum absolute atomic E-state index is 9.59. The smallest absolute Gasteiger partial charge is 0.0897 e. The molecule has 0 bridgehead atoms. The minimum absolute atomic E-state index is 0.328. The largest absolute Gasteiger partial charge is 0.389 e. The van der Waals surface area contributed by atoms with Gasteiger partial charge in [-0.25, -0.2) is 0 Å². The van der Waals surface area contributed by atoms with E-state index in [4.69, 9.17) is 16.3 Å². The van der Waals surface area contributed by atoms with Gasteiger partial charge in [0, 0.05) is 24.7 Å². The van der Waals surface area contributed by atoms with E-state index in [1.54, 1.807) is 7.11 Å². The van der Waals surface area contributed by atoms with E-state index >= 15 is 0 Å². The van der Waals surface area contributed by atoms with Gasteiger partial charge in [0.25, 0.3) is 0 Å². The molecule has 3 nitrogen and oxygen atoms in total. The quantitative estimate of drug-likeness (QED) is 0.845. The highest BCUT2D eigenvalue weighted by Crippen LogP contribution is 2.32. The summed E-state index contributed by atoms with van der Waals surface area (Å²) in [5, 5.41) is 13.8. The number of hydrogen-bond acceptors (Lipinski definition) is 3. The van der Waals surface area contributed by atoms with Gasteiger partial charge in [0.15, 0.2) is 0 Å². The number of rotatable bonds is 5. The summed E-state index contributed by atoms with van der Waals surface area (Å²) in [7, 11) is 1.59. The molecule has 0 aromatic heterocycles. The topological polar surface area (TPSA) is 41.5 Å². The summed E-state index contributed by atoms with van der Waals surface area (Å²) < 4.78 is 4.90. The number of hydrogen-bond donors (Lipinski definition) is 2. The molecule has 2 unspecified atom stereocenters. The first-order valence-electron chi connectivity index (χ1n) is 5.89. The Morgan fingerprint density at radius 3 is 3.18 bits per heavy atom. The molecular formula is C13H18ClNO2. The highest BCUT2D eigenvalue weighted by atomic mass is 35.5. The van der Waals surface area contributed by atoms with Crippen molar-refractivity contribution in [3.05, 3.63) is 34.3 Å². The fourth-order valence-corrected chi connectivity index (χ4v) is 2.52. The molecule has 0 saturated heterocycles. The standard InChI is InChI=1S/C13H18ClNO2/c1-17-8-11(16)7-15-13-5-2-9-6-10(14)3-4-12(9)13/h3-4,6,11,13,15-16H,2,5,7-8H2,1H3. The molecule has 0 fully saturated rings. The van der Waals surface area contributed by atoms with Crippen LogP contribution in [-0.4, -0.2) is 31.5 Å². The van der Waals surface area contributed by atoms with Gasteiger partial charge in [-0.1, -0.05) is 17.7 Å². The van der Waals surface area contributed by atoms with Crippen molar-refractivity contribution >= 4 is 11.6 Å². The van der Waals surface area contributed by atoms with Gasteiger partial charge >= 0.3 is 0 Å². The van der Waals surface area contributed by atoms with Gasteiger partial charge in [-0.3, -0.25) is 0 Å². The number of aliphatic hydroxyl groups excluding tert-OH is 1. The molecule has 4 heteroatoms. The van der Waals surface area contributed by atoms with Crippen molar-refractivity contribution in [1.82, 2.24) is 5.32 Å². The first kappa shape index (κ1) is 12.8. The summed E-state index contributed by atoms with van der Waals surface area (Å²) in [5.41, 5.74) is 2.62. The molecule has 1 aromatic rings. The van der Waals surface area contributed by atoms with Crippen LogP contribution in [0.5, 0.6) is 0 Å². The lowest BCUT2D eigenvalue weighted by molar-refractivity contribution is 0.0627. The number of methoxy groups -OCH3 is 1. The molecule has 1 aliphatic carbocycles. The van der Waals surface area contributed by atoms with E-state index in [-0.39, 0.29) is 0 Å². The molecular weight excluding hydrogens is 238 g/mol. The zero-order chi connectivity index (χ0) is 12.3. The van der Waals surface area contributed by atoms with Crippen LogP contribution in [0.3, 0.4) is 0 Å². The fourth-order valence-electron chi connectivity index (χ4n) is 2.33. The molecule has 2 rings (SSSR count). The number of fused-ring (bicyclic) bond motifs is 1. The Morgan fingerprint density at radius 1 is 1.59 bits per heavy atom. The Labute approximate surface area is 107 Å². The van der Waals surface area contributed by atoms with E-state index in [1.807, 2.05) is 12.1 Å². The van der Waals surface area contributed by atoms with Crippen LogP contribution in [-0.2, 0) is 11.2 Å². The second kappa shape index (κ2) is 5.83. The Kier molecular flexibility index (Phi) is 4.40. The molecule has 0 heterocycles. The lowest BCUT2D eigenvalue weighted by Crippen LogP contribution is -2.32. The third-order valence-corrected chi connectivity index (χ3v) is 3.38. The van der Waals surface area contributed by atoms with E-state index in [9.17, 15) is 5.11 Å². The van der Waals surface area contributed by atoms with Crippen molar-refractivity contribution in [2.45, 2.75) is 25.0 Å². The van der Waals surface area contributed by atoms with Crippen LogP contribution in [0.4, 0.5) is 0 Å². The average molecular weight is 256 g/mol. The molecule has 94 valence electrons. The molecule has 0 spiro atoms. The van der Waals surface area contributed by atoms with Crippen molar-refractivity contribution in [2.24, 2.45) is 0 Å². The van der Waals surface area contributed by atoms with Crippen molar-refractivity contribution < 1.29 is 9.84 Å². The maximum atomic E-state index is 9.59. The molecule has 1 aromatic carbocycles. The predicted octanol–water partition coefficient (Wildman–Crippen LogP) is 1.92.